The Bertz CT molecular complexity index is 590. The van der Waals surface area contributed by atoms with Crippen LogP contribution in [0.5, 0.6) is 0 Å². The van der Waals surface area contributed by atoms with E-state index >= 15 is 0 Å². The van der Waals surface area contributed by atoms with Gasteiger partial charge in [0.1, 0.15) is 0 Å². The molecule has 0 radical (unpaired) electrons. The molecule has 104 valence electrons. The predicted octanol–water partition coefficient (Wildman–Crippen LogP) is -1.11. The van der Waals surface area contributed by atoms with Crippen molar-refractivity contribution in [3.05, 3.63) is 64.9 Å². The summed E-state index contributed by atoms with van der Waals surface area (Å²) in [5.41, 5.74) is 3.41. The Labute approximate surface area is 132 Å². The van der Waals surface area contributed by atoms with Crippen molar-refractivity contribution in [3.63, 3.8) is 0 Å². The van der Waals surface area contributed by atoms with Crippen LogP contribution in [0, 0.1) is 0 Å². The van der Waals surface area contributed by atoms with Gasteiger partial charge in [0, 0.05) is 16.6 Å². The largest absolute Gasteiger partial charge is 1.00 e. The number of carbonyl (C=O) groups excluding carboxylic acids is 1. The van der Waals surface area contributed by atoms with Crippen molar-refractivity contribution in [2.75, 3.05) is 0 Å². The molecule has 6 heteroatoms. The lowest BCUT2D eigenvalue weighted by Crippen LogP contribution is -3.00. The Morgan fingerprint density at radius 1 is 1.25 bits per heavy atom. The lowest BCUT2D eigenvalue weighted by molar-refractivity contribution is -0.684. The van der Waals surface area contributed by atoms with Gasteiger partial charge in [0.2, 0.25) is 6.54 Å². The van der Waals surface area contributed by atoms with Gasteiger partial charge in [-0.25, -0.2) is 5.43 Å². The van der Waals surface area contributed by atoms with Crippen molar-refractivity contribution < 1.29 is 21.8 Å². The van der Waals surface area contributed by atoms with Crippen LogP contribution in [0.2, 0.25) is 0 Å². The standard InChI is InChI=1S/C14H12BrN3O.ClH/c15-13-6-4-5-12(9-13)10-16-17-14(19)11-18-7-2-1-3-8-18;/h1-10H,11H2;1H/b16-10+;. The highest BCUT2D eigenvalue weighted by atomic mass is 79.9. The molecule has 1 aromatic heterocycles. The van der Waals surface area contributed by atoms with Crippen LogP contribution in [0.4, 0.5) is 0 Å². The lowest BCUT2D eigenvalue weighted by atomic mass is 10.2. The molecular formula is C14H13BrClN3O. The van der Waals surface area contributed by atoms with Crippen LogP contribution < -0.4 is 22.4 Å². The van der Waals surface area contributed by atoms with E-state index in [2.05, 4.69) is 26.5 Å². The molecule has 1 amide bonds. The van der Waals surface area contributed by atoms with E-state index in [-0.39, 0.29) is 24.9 Å². The summed E-state index contributed by atoms with van der Waals surface area (Å²) in [5.74, 6) is -0.164. The van der Waals surface area contributed by atoms with Gasteiger partial charge >= 0.3 is 5.91 Å². The number of rotatable bonds is 4. The molecular weight excluding hydrogens is 342 g/mol. The zero-order valence-electron chi connectivity index (χ0n) is 10.5. The smallest absolute Gasteiger partial charge is 0.305 e. The third kappa shape index (κ3) is 5.50. The molecule has 1 heterocycles. The molecule has 4 nitrogen and oxygen atoms in total. The number of hydrogen-bond acceptors (Lipinski definition) is 2. The van der Waals surface area contributed by atoms with Gasteiger partial charge in [-0.1, -0.05) is 34.1 Å². The maximum atomic E-state index is 11.6. The molecule has 1 aromatic carbocycles. The van der Waals surface area contributed by atoms with E-state index in [9.17, 15) is 4.79 Å². The average molecular weight is 355 g/mol. The Morgan fingerprint density at radius 2 is 2.00 bits per heavy atom. The first-order chi connectivity index (χ1) is 9.24. The van der Waals surface area contributed by atoms with E-state index in [1.54, 1.807) is 10.8 Å². The summed E-state index contributed by atoms with van der Waals surface area (Å²) in [6.07, 6.45) is 5.27. The van der Waals surface area contributed by atoms with Gasteiger partial charge in [0.15, 0.2) is 12.4 Å². The number of nitrogens with one attached hydrogen (secondary N) is 1. The summed E-state index contributed by atoms with van der Waals surface area (Å²) in [5, 5.41) is 3.92. The van der Waals surface area contributed by atoms with E-state index in [4.69, 9.17) is 0 Å². The summed E-state index contributed by atoms with van der Waals surface area (Å²) in [6.45, 7) is 0.247. The van der Waals surface area contributed by atoms with Crippen molar-refractivity contribution in [3.8, 4) is 0 Å². The maximum absolute atomic E-state index is 11.6. The van der Waals surface area contributed by atoms with E-state index < -0.39 is 0 Å². The van der Waals surface area contributed by atoms with Gasteiger partial charge < -0.3 is 12.4 Å². The van der Waals surface area contributed by atoms with E-state index in [1.807, 2.05) is 54.9 Å². The number of pyridine rings is 1. The SMILES string of the molecule is O=C(C[n+]1ccccc1)N/N=C/c1cccc(Br)c1.[Cl-]. The third-order valence-electron chi connectivity index (χ3n) is 2.36. The van der Waals surface area contributed by atoms with Crippen molar-refractivity contribution in [1.29, 1.82) is 0 Å². The second kappa shape index (κ2) is 8.45. The molecule has 2 aromatic rings. The van der Waals surface area contributed by atoms with Crippen LogP contribution in [0.15, 0.2) is 64.4 Å². The number of carbonyl (C=O) groups is 1. The molecule has 1 N–H and O–H groups in total. The van der Waals surface area contributed by atoms with E-state index in [1.165, 1.54) is 0 Å². The van der Waals surface area contributed by atoms with Gasteiger partial charge in [0.25, 0.3) is 0 Å². The van der Waals surface area contributed by atoms with Crippen molar-refractivity contribution in [1.82, 2.24) is 5.43 Å². The van der Waals surface area contributed by atoms with Crippen LogP contribution in [-0.4, -0.2) is 12.1 Å². The lowest BCUT2D eigenvalue weighted by Gasteiger charge is -1.97. The minimum atomic E-state index is -0.164. The second-order valence-electron chi connectivity index (χ2n) is 3.90. The first-order valence-corrected chi connectivity index (χ1v) is 6.55. The number of hydrazone groups is 1. The maximum Gasteiger partial charge on any atom is 0.305 e. The normalized spacial score (nSPS) is 10.1. The quantitative estimate of drug-likeness (QED) is 0.422. The minimum Gasteiger partial charge on any atom is -1.00 e. The molecule has 0 saturated heterocycles. The summed E-state index contributed by atoms with van der Waals surface area (Å²) < 4.78 is 2.76. The highest BCUT2D eigenvalue weighted by molar-refractivity contribution is 9.10. The molecule has 0 bridgehead atoms. The number of hydrogen-bond donors (Lipinski definition) is 1. The Morgan fingerprint density at radius 3 is 2.70 bits per heavy atom. The highest BCUT2D eigenvalue weighted by Crippen LogP contribution is 2.09. The van der Waals surface area contributed by atoms with Gasteiger partial charge in [-0.05, 0) is 17.7 Å². The van der Waals surface area contributed by atoms with Crippen LogP contribution in [-0.2, 0) is 11.3 Å². The predicted molar refractivity (Wildman–Crippen MR) is 76.5 cm³/mol. The number of amides is 1. The number of benzene rings is 1. The highest BCUT2D eigenvalue weighted by Gasteiger charge is 2.06. The molecule has 2 rings (SSSR count). The fourth-order valence-electron chi connectivity index (χ4n) is 1.51. The second-order valence-corrected chi connectivity index (χ2v) is 4.81. The number of halogens is 2. The summed E-state index contributed by atoms with van der Waals surface area (Å²) in [4.78, 5) is 11.6. The third-order valence-corrected chi connectivity index (χ3v) is 2.85. The zero-order valence-corrected chi connectivity index (χ0v) is 12.9. The van der Waals surface area contributed by atoms with Gasteiger partial charge in [0.05, 0.1) is 6.21 Å². The first-order valence-electron chi connectivity index (χ1n) is 5.75. The Hall–Kier alpha value is -1.72. The van der Waals surface area contributed by atoms with Crippen LogP contribution in [0.1, 0.15) is 5.56 Å². The van der Waals surface area contributed by atoms with Crippen molar-refractivity contribution in [2.45, 2.75) is 6.54 Å². The fraction of sp³-hybridized carbons (Fsp3) is 0.0714. The molecule has 0 saturated carbocycles. The van der Waals surface area contributed by atoms with Crippen LogP contribution in [0.3, 0.4) is 0 Å². The molecule has 0 aliphatic carbocycles. The Balaban J connectivity index is 0.00000200. The molecule has 0 spiro atoms. The average Bonchev–Trinajstić information content (AvgIpc) is 2.40. The van der Waals surface area contributed by atoms with Crippen molar-refractivity contribution >= 4 is 28.1 Å². The first kappa shape index (κ1) is 16.3. The molecule has 0 atom stereocenters. The van der Waals surface area contributed by atoms with Crippen LogP contribution in [0.25, 0.3) is 0 Å². The van der Waals surface area contributed by atoms with Crippen molar-refractivity contribution in [2.24, 2.45) is 5.10 Å². The molecule has 0 aliphatic rings. The minimum absolute atomic E-state index is 0. The topological polar surface area (TPSA) is 45.3 Å². The fourth-order valence-corrected chi connectivity index (χ4v) is 1.92. The van der Waals surface area contributed by atoms with E-state index in [0.29, 0.717) is 0 Å². The monoisotopic (exact) mass is 353 g/mol. The molecule has 20 heavy (non-hydrogen) atoms. The van der Waals surface area contributed by atoms with Gasteiger partial charge in [-0.2, -0.15) is 9.67 Å². The molecule has 0 fully saturated rings. The van der Waals surface area contributed by atoms with Gasteiger partial charge in [-0.15, -0.1) is 0 Å². The zero-order chi connectivity index (χ0) is 13.5. The van der Waals surface area contributed by atoms with Gasteiger partial charge in [-0.3, -0.25) is 4.79 Å². The summed E-state index contributed by atoms with van der Waals surface area (Å²) in [6, 6.07) is 13.3. The summed E-state index contributed by atoms with van der Waals surface area (Å²) in [7, 11) is 0. The number of nitrogens with zero attached hydrogens (tertiary/aromatic N) is 2. The molecule has 0 aliphatic heterocycles. The van der Waals surface area contributed by atoms with Crippen LogP contribution >= 0.6 is 15.9 Å². The van der Waals surface area contributed by atoms with E-state index in [0.717, 1.165) is 10.0 Å². The Kier molecular flexibility index (Phi) is 6.90. The summed E-state index contributed by atoms with van der Waals surface area (Å²) >= 11 is 3.37. The number of aromatic nitrogens is 1. The molecule has 0 unspecified atom stereocenters.